The lowest BCUT2D eigenvalue weighted by Crippen LogP contribution is -2.23. The van der Waals surface area contributed by atoms with Crippen molar-refractivity contribution >= 4 is 28.3 Å². The molecule has 4 rings (SSSR count). The molecule has 1 aromatic heterocycles. The second-order valence-electron chi connectivity index (χ2n) is 7.18. The van der Waals surface area contributed by atoms with Crippen LogP contribution in [0, 0.1) is 5.82 Å². The van der Waals surface area contributed by atoms with E-state index < -0.39 is 0 Å². The summed E-state index contributed by atoms with van der Waals surface area (Å²) in [7, 11) is 3.30. The fraction of sp³-hybridized carbons (Fsp3) is 0.160. The fourth-order valence-corrected chi connectivity index (χ4v) is 3.68. The lowest BCUT2D eigenvalue weighted by molar-refractivity contribution is 0.414. The summed E-state index contributed by atoms with van der Waals surface area (Å²) in [4.78, 5) is 6.90. The number of nitrogens with zero attached hydrogens (tertiary/aromatic N) is 2. The van der Waals surface area contributed by atoms with E-state index in [1.54, 1.807) is 26.4 Å². The van der Waals surface area contributed by atoms with Gasteiger partial charge in [-0.05, 0) is 59.7 Å². The molecule has 0 amide bonds. The van der Waals surface area contributed by atoms with Gasteiger partial charge in [-0.3, -0.25) is 0 Å². The third kappa shape index (κ3) is 4.89. The van der Waals surface area contributed by atoms with E-state index in [1.165, 1.54) is 12.1 Å². The molecule has 0 aliphatic rings. The minimum absolute atomic E-state index is 0.336. The zero-order chi connectivity index (χ0) is 21.8. The summed E-state index contributed by atoms with van der Waals surface area (Å²) in [6, 6.07) is 22.1. The molecule has 0 saturated carbocycles. The van der Waals surface area contributed by atoms with Gasteiger partial charge in [0.05, 0.1) is 24.8 Å². The summed E-state index contributed by atoms with van der Waals surface area (Å²) in [5, 5.41) is 1.06. The first-order chi connectivity index (χ1) is 15.1. The van der Waals surface area contributed by atoms with Gasteiger partial charge in [-0.25, -0.2) is 9.37 Å². The van der Waals surface area contributed by atoms with E-state index in [2.05, 4.69) is 4.90 Å². The number of anilines is 1. The van der Waals surface area contributed by atoms with Crippen molar-refractivity contribution in [3.05, 3.63) is 94.8 Å². The zero-order valence-corrected chi connectivity index (χ0v) is 18.1. The van der Waals surface area contributed by atoms with Crippen molar-refractivity contribution in [2.24, 2.45) is 0 Å². The highest BCUT2D eigenvalue weighted by Gasteiger charge is 2.14. The number of hydrogen-bond donors (Lipinski definition) is 0. The van der Waals surface area contributed by atoms with Crippen LogP contribution in [0.1, 0.15) is 11.1 Å². The lowest BCUT2D eigenvalue weighted by Gasteiger charge is -2.25. The Hall–Kier alpha value is -3.31. The van der Waals surface area contributed by atoms with Crippen molar-refractivity contribution in [3.63, 3.8) is 0 Å². The van der Waals surface area contributed by atoms with Crippen LogP contribution in [0.3, 0.4) is 0 Å². The summed E-state index contributed by atoms with van der Waals surface area (Å²) < 4.78 is 24.2. The summed E-state index contributed by atoms with van der Waals surface area (Å²) in [5.74, 6) is 1.99. The summed E-state index contributed by atoms with van der Waals surface area (Å²) in [6.45, 7) is 1.23. The van der Waals surface area contributed by atoms with Crippen LogP contribution in [0.4, 0.5) is 10.2 Å². The maximum absolute atomic E-state index is 13.7. The number of pyridine rings is 1. The van der Waals surface area contributed by atoms with Gasteiger partial charge < -0.3 is 14.4 Å². The molecule has 6 heteroatoms. The standard InChI is InChI=1S/C25H22ClFN2O2/c1-30-20-8-3-17(4-9-20)15-29(16-18-5-10-21(31-2)11-6-18)25-14-23(26)22-13-19(27)7-12-24(22)28-25/h3-14H,15-16H2,1-2H3. The number of benzene rings is 3. The van der Waals surface area contributed by atoms with Crippen LogP contribution in [0.5, 0.6) is 11.5 Å². The van der Waals surface area contributed by atoms with Crippen LogP contribution in [-0.2, 0) is 13.1 Å². The Morgan fingerprint density at radius 1 is 0.806 bits per heavy atom. The molecule has 0 bridgehead atoms. The molecule has 4 nitrogen and oxygen atoms in total. The van der Waals surface area contributed by atoms with Crippen molar-refractivity contribution in [1.82, 2.24) is 4.98 Å². The van der Waals surface area contributed by atoms with Gasteiger partial charge in [0.25, 0.3) is 0 Å². The molecule has 0 spiro atoms. The highest BCUT2D eigenvalue weighted by molar-refractivity contribution is 6.35. The smallest absolute Gasteiger partial charge is 0.131 e. The number of halogens is 2. The van der Waals surface area contributed by atoms with Crippen molar-refractivity contribution < 1.29 is 13.9 Å². The van der Waals surface area contributed by atoms with Gasteiger partial charge in [0.15, 0.2) is 0 Å². The predicted octanol–water partition coefficient (Wildman–Crippen LogP) is 6.25. The van der Waals surface area contributed by atoms with Gasteiger partial charge in [-0.15, -0.1) is 0 Å². The normalized spacial score (nSPS) is 10.8. The maximum Gasteiger partial charge on any atom is 0.131 e. The van der Waals surface area contributed by atoms with E-state index in [4.69, 9.17) is 26.1 Å². The van der Waals surface area contributed by atoms with Gasteiger partial charge in [0, 0.05) is 18.5 Å². The van der Waals surface area contributed by atoms with Crippen LogP contribution < -0.4 is 14.4 Å². The van der Waals surface area contributed by atoms with Crippen molar-refractivity contribution in [2.75, 3.05) is 19.1 Å². The first-order valence-corrected chi connectivity index (χ1v) is 10.2. The molecule has 0 unspecified atom stereocenters. The molecule has 3 aromatic carbocycles. The summed E-state index contributed by atoms with van der Waals surface area (Å²) in [6.07, 6.45) is 0. The Morgan fingerprint density at radius 3 is 1.87 bits per heavy atom. The van der Waals surface area contributed by atoms with E-state index in [1.807, 2.05) is 48.5 Å². The second-order valence-corrected chi connectivity index (χ2v) is 7.58. The predicted molar refractivity (Wildman–Crippen MR) is 123 cm³/mol. The molecule has 0 saturated heterocycles. The highest BCUT2D eigenvalue weighted by Crippen LogP contribution is 2.29. The largest absolute Gasteiger partial charge is 0.497 e. The summed E-state index contributed by atoms with van der Waals surface area (Å²) >= 11 is 6.50. The zero-order valence-electron chi connectivity index (χ0n) is 17.3. The molecule has 0 N–H and O–H groups in total. The summed E-state index contributed by atoms with van der Waals surface area (Å²) in [5.41, 5.74) is 2.86. The number of rotatable bonds is 7. The molecule has 31 heavy (non-hydrogen) atoms. The van der Waals surface area contributed by atoms with Crippen LogP contribution in [0.15, 0.2) is 72.8 Å². The Labute approximate surface area is 185 Å². The molecular formula is C25H22ClFN2O2. The molecule has 0 aliphatic heterocycles. The van der Waals surface area contributed by atoms with Crippen molar-refractivity contribution in [1.29, 1.82) is 0 Å². The topological polar surface area (TPSA) is 34.6 Å². The number of fused-ring (bicyclic) bond motifs is 1. The average Bonchev–Trinajstić information content (AvgIpc) is 2.80. The van der Waals surface area contributed by atoms with E-state index >= 15 is 0 Å². The maximum atomic E-state index is 13.7. The molecule has 0 radical (unpaired) electrons. The molecule has 0 atom stereocenters. The number of ether oxygens (including phenoxy) is 2. The lowest BCUT2D eigenvalue weighted by atomic mass is 10.1. The number of hydrogen-bond acceptors (Lipinski definition) is 4. The first kappa shape index (κ1) is 20.9. The average molecular weight is 437 g/mol. The minimum atomic E-state index is -0.336. The number of aromatic nitrogens is 1. The minimum Gasteiger partial charge on any atom is -0.497 e. The number of methoxy groups -OCH3 is 2. The molecule has 4 aromatic rings. The van der Waals surface area contributed by atoms with Gasteiger partial charge in [-0.1, -0.05) is 35.9 Å². The molecule has 0 fully saturated rings. The Morgan fingerprint density at radius 2 is 1.35 bits per heavy atom. The monoisotopic (exact) mass is 436 g/mol. The van der Waals surface area contributed by atoms with E-state index in [-0.39, 0.29) is 5.82 Å². The Bertz CT molecular complexity index is 1130. The van der Waals surface area contributed by atoms with Crippen LogP contribution in [-0.4, -0.2) is 19.2 Å². The van der Waals surface area contributed by atoms with Crippen molar-refractivity contribution in [2.45, 2.75) is 13.1 Å². The third-order valence-corrected chi connectivity index (χ3v) is 5.41. The molecule has 158 valence electrons. The van der Waals surface area contributed by atoms with Crippen LogP contribution >= 0.6 is 11.6 Å². The van der Waals surface area contributed by atoms with Crippen molar-refractivity contribution in [3.8, 4) is 11.5 Å². The van der Waals surface area contributed by atoms with Gasteiger partial charge >= 0.3 is 0 Å². The van der Waals surface area contributed by atoms with E-state index in [0.29, 0.717) is 29.0 Å². The third-order valence-electron chi connectivity index (χ3n) is 5.10. The fourth-order valence-electron chi connectivity index (χ4n) is 3.43. The SMILES string of the molecule is COc1ccc(CN(Cc2ccc(OC)cc2)c2cc(Cl)c3cc(F)ccc3n2)cc1. The quantitative estimate of drug-likeness (QED) is 0.343. The second kappa shape index (κ2) is 9.23. The van der Waals surface area contributed by atoms with Crippen LogP contribution in [0.2, 0.25) is 5.02 Å². The van der Waals surface area contributed by atoms with Gasteiger partial charge in [0.1, 0.15) is 23.1 Å². The van der Waals surface area contributed by atoms with Gasteiger partial charge in [0.2, 0.25) is 0 Å². The Balaban J connectivity index is 1.71. The first-order valence-electron chi connectivity index (χ1n) is 9.82. The van der Waals surface area contributed by atoms with Gasteiger partial charge in [-0.2, -0.15) is 0 Å². The molecular weight excluding hydrogens is 415 g/mol. The molecule has 1 heterocycles. The molecule has 0 aliphatic carbocycles. The highest BCUT2D eigenvalue weighted by atomic mass is 35.5. The Kier molecular flexibility index (Phi) is 6.23. The van der Waals surface area contributed by atoms with Crippen LogP contribution in [0.25, 0.3) is 10.9 Å². The van der Waals surface area contributed by atoms with E-state index in [0.717, 1.165) is 28.4 Å². The van der Waals surface area contributed by atoms with E-state index in [9.17, 15) is 4.39 Å².